The highest BCUT2D eigenvalue weighted by Crippen LogP contribution is 2.48. The highest BCUT2D eigenvalue weighted by Gasteiger charge is 2.49. The second-order valence-corrected chi connectivity index (χ2v) is 7.45. The Hall–Kier alpha value is -1.62. The summed E-state index contributed by atoms with van der Waals surface area (Å²) in [4.78, 5) is 0. The van der Waals surface area contributed by atoms with Gasteiger partial charge in [-0.3, -0.25) is 0 Å². The molecule has 1 fully saturated rings. The van der Waals surface area contributed by atoms with Crippen LogP contribution in [-0.4, -0.2) is 31.5 Å². The molecule has 5 heteroatoms. The summed E-state index contributed by atoms with van der Waals surface area (Å²) >= 11 is 5.61. The van der Waals surface area contributed by atoms with Crippen molar-refractivity contribution in [2.24, 2.45) is 5.92 Å². The van der Waals surface area contributed by atoms with Gasteiger partial charge in [0.1, 0.15) is 11.6 Å². The van der Waals surface area contributed by atoms with Crippen molar-refractivity contribution >= 4 is 11.6 Å². The van der Waals surface area contributed by atoms with Gasteiger partial charge in [0.2, 0.25) is 0 Å². The number of aliphatic hydroxyl groups is 1. The SMILES string of the molecule is Cc1ccc(Cl)cc1.Cc1ccc(F)c2c1OCC1COCCC21CO. The predicted molar refractivity (Wildman–Crippen MR) is 101 cm³/mol. The first kappa shape index (κ1) is 19.2. The van der Waals surface area contributed by atoms with Crippen molar-refractivity contribution in [3.05, 3.63) is 63.9 Å². The maximum atomic E-state index is 14.2. The maximum absolute atomic E-state index is 14.2. The minimum atomic E-state index is -0.540. The lowest BCUT2D eigenvalue weighted by atomic mass is 9.66. The monoisotopic (exact) mass is 378 g/mol. The summed E-state index contributed by atoms with van der Waals surface area (Å²) in [7, 11) is 0. The molecule has 0 saturated carbocycles. The number of ether oxygens (including phenoxy) is 2. The second-order valence-electron chi connectivity index (χ2n) is 7.01. The molecule has 2 atom stereocenters. The Balaban J connectivity index is 0.000000206. The van der Waals surface area contributed by atoms with Gasteiger partial charge in [-0.15, -0.1) is 0 Å². The Labute approximate surface area is 158 Å². The number of hydrogen-bond donors (Lipinski definition) is 1. The molecule has 2 unspecified atom stereocenters. The lowest BCUT2D eigenvalue weighted by Crippen LogP contribution is -2.51. The van der Waals surface area contributed by atoms with E-state index >= 15 is 0 Å². The fourth-order valence-corrected chi connectivity index (χ4v) is 3.82. The molecule has 0 aromatic heterocycles. The van der Waals surface area contributed by atoms with Crippen molar-refractivity contribution < 1.29 is 19.0 Å². The van der Waals surface area contributed by atoms with Crippen LogP contribution in [0.2, 0.25) is 5.02 Å². The molecule has 2 aliphatic heterocycles. The zero-order valence-electron chi connectivity index (χ0n) is 15.1. The summed E-state index contributed by atoms with van der Waals surface area (Å²) in [6.07, 6.45) is 0.644. The summed E-state index contributed by atoms with van der Waals surface area (Å²) < 4.78 is 25.4. The molecular formula is C21H24ClFO3. The molecule has 3 nitrogen and oxygen atoms in total. The van der Waals surface area contributed by atoms with E-state index in [1.165, 1.54) is 11.6 Å². The van der Waals surface area contributed by atoms with Crippen LogP contribution in [0.15, 0.2) is 36.4 Å². The molecule has 0 aliphatic carbocycles. The zero-order valence-corrected chi connectivity index (χ0v) is 15.9. The second kappa shape index (κ2) is 7.95. The molecule has 0 spiro atoms. The van der Waals surface area contributed by atoms with E-state index < -0.39 is 5.41 Å². The number of rotatable bonds is 1. The molecule has 26 heavy (non-hydrogen) atoms. The van der Waals surface area contributed by atoms with E-state index in [0.717, 1.165) is 10.6 Å². The van der Waals surface area contributed by atoms with E-state index in [9.17, 15) is 9.50 Å². The van der Waals surface area contributed by atoms with Crippen LogP contribution in [0, 0.1) is 25.6 Å². The summed E-state index contributed by atoms with van der Waals surface area (Å²) in [5, 5.41) is 10.7. The third-order valence-electron chi connectivity index (χ3n) is 5.32. The molecule has 0 radical (unpaired) electrons. The third kappa shape index (κ3) is 3.59. The van der Waals surface area contributed by atoms with Gasteiger partial charge in [0.25, 0.3) is 0 Å². The molecule has 2 heterocycles. The first-order valence-corrected chi connectivity index (χ1v) is 9.19. The van der Waals surface area contributed by atoms with Crippen molar-refractivity contribution in [2.45, 2.75) is 25.7 Å². The Morgan fingerprint density at radius 3 is 2.54 bits per heavy atom. The molecule has 140 valence electrons. The van der Waals surface area contributed by atoms with Gasteiger partial charge >= 0.3 is 0 Å². The Morgan fingerprint density at radius 2 is 1.88 bits per heavy atom. The summed E-state index contributed by atoms with van der Waals surface area (Å²) in [5.74, 6) is 0.360. The lowest BCUT2D eigenvalue weighted by molar-refractivity contribution is -0.0545. The average molecular weight is 379 g/mol. The quantitative estimate of drug-likeness (QED) is 0.797. The molecule has 2 aromatic rings. The van der Waals surface area contributed by atoms with Crippen molar-refractivity contribution in [3.8, 4) is 5.75 Å². The van der Waals surface area contributed by atoms with Gasteiger partial charge in [-0.2, -0.15) is 0 Å². The standard InChI is InChI=1S/C14H17FO3.C7H7Cl/c1-9-2-3-11(15)12-13(9)18-7-10-6-17-5-4-14(10,12)8-16;1-6-2-4-7(8)5-3-6/h2-3,10,16H,4-8H2,1H3;2-5H,1H3. The van der Waals surface area contributed by atoms with Gasteiger partial charge in [-0.25, -0.2) is 4.39 Å². The van der Waals surface area contributed by atoms with Crippen molar-refractivity contribution in [3.63, 3.8) is 0 Å². The van der Waals surface area contributed by atoms with E-state index in [1.807, 2.05) is 38.1 Å². The maximum Gasteiger partial charge on any atom is 0.130 e. The van der Waals surface area contributed by atoms with Crippen molar-refractivity contribution in [2.75, 3.05) is 26.4 Å². The fraction of sp³-hybridized carbons (Fsp3) is 0.429. The highest BCUT2D eigenvalue weighted by atomic mass is 35.5. The summed E-state index contributed by atoms with van der Waals surface area (Å²) in [5.41, 5.74) is 2.17. The first-order chi connectivity index (χ1) is 12.5. The van der Waals surface area contributed by atoms with E-state index in [1.54, 1.807) is 6.07 Å². The Morgan fingerprint density at radius 1 is 1.15 bits per heavy atom. The van der Waals surface area contributed by atoms with Crippen LogP contribution in [0.25, 0.3) is 0 Å². The van der Waals surface area contributed by atoms with Gasteiger partial charge in [-0.05, 0) is 44.0 Å². The molecule has 1 N–H and O–H groups in total. The molecule has 0 amide bonds. The molecule has 0 bridgehead atoms. The predicted octanol–water partition coefficient (Wildman–Crippen LogP) is 4.44. The number of benzene rings is 2. The zero-order chi connectivity index (χ0) is 18.7. The Bertz CT molecular complexity index is 742. The first-order valence-electron chi connectivity index (χ1n) is 8.81. The number of aryl methyl sites for hydroxylation is 2. The number of fused-ring (bicyclic) bond motifs is 3. The minimum Gasteiger partial charge on any atom is -0.492 e. The van der Waals surface area contributed by atoms with Crippen molar-refractivity contribution in [1.29, 1.82) is 0 Å². The lowest BCUT2D eigenvalue weighted by Gasteiger charge is -2.47. The largest absolute Gasteiger partial charge is 0.492 e. The van der Waals surface area contributed by atoms with Crippen LogP contribution in [-0.2, 0) is 10.2 Å². The van der Waals surface area contributed by atoms with E-state index in [2.05, 4.69) is 0 Å². The number of hydrogen-bond acceptors (Lipinski definition) is 3. The smallest absolute Gasteiger partial charge is 0.130 e. The van der Waals surface area contributed by atoms with Crippen LogP contribution in [0.1, 0.15) is 23.1 Å². The molecule has 4 rings (SSSR count). The molecular weight excluding hydrogens is 355 g/mol. The third-order valence-corrected chi connectivity index (χ3v) is 5.57. The van der Waals surface area contributed by atoms with Crippen LogP contribution in [0.3, 0.4) is 0 Å². The highest BCUT2D eigenvalue weighted by molar-refractivity contribution is 6.30. The van der Waals surface area contributed by atoms with Crippen LogP contribution < -0.4 is 4.74 Å². The number of halogens is 2. The molecule has 1 saturated heterocycles. The van der Waals surface area contributed by atoms with Crippen molar-refractivity contribution in [1.82, 2.24) is 0 Å². The van der Waals surface area contributed by atoms with Crippen LogP contribution in [0.4, 0.5) is 4.39 Å². The fourth-order valence-electron chi connectivity index (χ4n) is 3.70. The van der Waals surface area contributed by atoms with Crippen LogP contribution >= 0.6 is 11.6 Å². The van der Waals surface area contributed by atoms with Gasteiger partial charge in [0.05, 0.1) is 19.8 Å². The topological polar surface area (TPSA) is 38.7 Å². The average Bonchev–Trinajstić information content (AvgIpc) is 2.67. The number of aliphatic hydroxyl groups excluding tert-OH is 1. The molecule has 2 aliphatic rings. The normalized spacial score (nSPS) is 23.8. The van der Waals surface area contributed by atoms with E-state index in [-0.39, 0.29) is 18.3 Å². The summed E-state index contributed by atoms with van der Waals surface area (Å²) in [6.45, 7) is 5.45. The summed E-state index contributed by atoms with van der Waals surface area (Å²) in [6, 6.07) is 10.9. The Kier molecular flexibility index (Phi) is 5.86. The van der Waals surface area contributed by atoms with Gasteiger partial charge in [0.15, 0.2) is 0 Å². The van der Waals surface area contributed by atoms with Crippen LogP contribution in [0.5, 0.6) is 5.75 Å². The van der Waals surface area contributed by atoms with E-state index in [4.69, 9.17) is 21.1 Å². The van der Waals surface area contributed by atoms with E-state index in [0.29, 0.717) is 37.6 Å². The minimum absolute atomic E-state index is 0.0278. The van der Waals surface area contributed by atoms with Gasteiger partial charge < -0.3 is 14.6 Å². The van der Waals surface area contributed by atoms with Gasteiger partial charge in [0, 0.05) is 28.5 Å². The molecule has 2 aromatic carbocycles. The van der Waals surface area contributed by atoms with Gasteiger partial charge in [-0.1, -0.05) is 35.4 Å².